The lowest BCUT2D eigenvalue weighted by Crippen LogP contribution is -2.20. The second-order valence-electron chi connectivity index (χ2n) is 4.17. The summed E-state index contributed by atoms with van der Waals surface area (Å²) >= 11 is 0. The van der Waals surface area contributed by atoms with Crippen molar-refractivity contribution >= 4 is 23.1 Å². The smallest absolute Gasteiger partial charge is 0.0488 e. The molecule has 0 radical (unpaired) electrons. The Morgan fingerprint density at radius 2 is 1.82 bits per heavy atom. The van der Waals surface area contributed by atoms with Crippen molar-refractivity contribution in [3.8, 4) is 0 Å². The molecule has 3 rings (SSSR count). The molecule has 0 spiro atoms. The summed E-state index contributed by atoms with van der Waals surface area (Å²) in [6.45, 7) is 0.904. The summed E-state index contributed by atoms with van der Waals surface area (Å²) in [7, 11) is 0. The summed E-state index contributed by atoms with van der Waals surface area (Å²) in [5, 5.41) is 0. The lowest BCUT2D eigenvalue weighted by atomic mass is 10.1. The zero-order chi connectivity index (χ0) is 11.7. The summed E-state index contributed by atoms with van der Waals surface area (Å²) in [6.07, 6.45) is 4.29. The molecule has 0 aromatic heterocycles. The molecule has 2 aromatic carbocycles. The van der Waals surface area contributed by atoms with Crippen LogP contribution in [0.4, 0.5) is 17.1 Å². The first kappa shape index (κ1) is 9.97. The summed E-state index contributed by atoms with van der Waals surface area (Å²) in [4.78, 5) is 2.29. The first-order valence-corrected chi connectivity index (χ1v) is 5.73. The Labute approximate surface area is 101 Å². The molecule has 0 unspecified atom stereocenters. The predicted octanol–water partition coefficient (Wildman–Crippen LogP) is 3.43. The highest BCUT2D eigenvalue weighted by Gasteiger charge is 2.14. The molecule has 2 aromatic rings. The Morgan fingerprint density at radius 3 is 2.65 bits per heavy atom. The highest BCUT2D eigenvalue weighted by Crippen LogP contribution is 2.33. The van der Waals surface area contributed by atoms with Gasteiger partial charge in [-0.1, -0.05) is 30.4 Å². The molecule has 2 heteroatoms. The lowest BCUT2D eigenvalue weighted by Gasteiger charge is -2.28. The van der Waals surface area contributed by atoms with Gasteiger partial charge in [-0.15, -0.1) is 0 Å². The van der Waals surface area contributed by atoms with E-state index in [1.54, 1.807) is 0 Å². The number of hydrogen-bond acceptors (Lipinski definition) is 2. The minimum atomic E-state index is 0.809. The fourth-order valence-electron chi connectivity index (χ4n) is 2.19. The first-order chi connectivity index (χ1) is 8.34. The third-order valence-electron chi connectivity index (χ3n) is 3.00. The number of rotatable bonds is 1. The highest BCUT2D eigenvalue weighted by atomic mass is 15.1. The molecule has 0 amide bonds. The third kappa shape index (κ3) is 1.78. The van der Waals surface area contributed by atoms with Crippen LogP contribution in [-0.4, -0.2) is 6.54 Å². The quantitative estimate of drug-likeness (QED) is 0.749. The molecule has 0 saturated heterocycles. The number of nitrogens with two attached hydrogens (primary N) is 1. The first-order valence-electron chi connectivity index (χ1n) is 5.73. The Hall–Kier alpha value is -2.22. The van der Waals surface area contributed by atoms with Gasteiger partial charge in [0.2, 0.25) is 0 Å². The number of para-hydroxylation sites is 1. The normalized spacial score (nSPS) is 13.5. The Balaban J connectivity index is 2.09. The van der Waals surface area contributed by atoms with Gasteiger partial charge in [-0.05, 0) is 35.9 Å². The average Bonchev–Trinajstić information content (AvgIpc) is 2.39. The van der Waals surface area contributed by atoms with Crippen molar-refractivity contribution in [2.75, 3.05) is 17.2 Å². The molecular weight excluding hydrogens is 208 g/mol. The zero-order valence-electron chi connectivity index (χ0n) is 9.51. The predicted molar refractivity (Wildman–Crippen MR) is 73.3 cm³/mol. The molecule has 0 atom stereocenters. The molecule has 1 aliphatic heterocycles. The molecule has 2 N–H and O–H groups in total. The van der Waals surface area contributed by atoms with Gasteiger partial charge in [0.15, 0.2) is 0 Å². The standard InChI is InChI=1S/C15H14N2/c16-13-8-9-15-12(11-13)5-4-10-17(15)14-6-2-1-3-7-14/h1-9,11H,10,16H2. The van der Waals surface area contributed by atoms with Crippen LogP contribution in [0, 0.1) is 0 Å². The number of nitrogen functional groups attached to an aromatic ring is 1. The van der Waals surface area contributed by atoms with Crippen molar-refractivity contribution < 1.29 is 0 Å². The number of fused-ring (bicyclic) bond motifs is 1. The van der Waals surface area contributed by atoms with Crippen LogP contribution in [0.5, 0.6) is 0 Å². The van der Waals surface area contributed by atoms with Gasteiger partial charge in [-0.2, -0.15) is 0 Å². The summed E-state index contributed by atoms with van der Waals surface area (Å²) in [5.41, 5.74) is 10.2. The van der Waals surface area contributed by atoms with Crippen LogP contribution in [-0.2, 0) is 0 Å². The number of benzene rings is 2. The van der Waals surface area contributed by atoms with Crippen molar-refractivity contribution in [2.24, 2.45) is 0 Å². The van der Waals surface area contributed by atoms with E-state index in [2.05, 4.69) is 47.4 Å². The van der Waals surface area contributed by atoms with E-state index in [4.69, 9.17) is 5.73 Å². The zero-order valence-corrected chi connectivity index (χ0v) is 9.51. The number of nitrogens with zero attached hydrogens (tertiary/aromatic N) is 1. The van der Waals surface area contributed by atoms with Gasteiger partial charge < -0.3 is 10.6 Å². The molecule has 0 fully saturated rings. The van der Waals surface area contributed by atoms with Gasteiger partial charge in [-0.25, -0.2) is 0 Å². The molecule has 0 saturated carbocycles. The van der Waals surface area contributed by atoms with Gasteiger partial charge in [-0.3, -0.25) is 0 Å². The van der Waals surface area contributed by atoms with Gasteiger partial charge in [0, 0.05) is 23.6 Å². The van der Waals surface area contributed by atoms with Crippen molar-refractivity contribution in [1.82, 2.24) is 0 Å². The average molecular weight is 222 g/mol. The maximum atomic E-state index is 5.81. The fraction of sp³-hybridized carbons (Fsp3) is 0.0667. The van der Waals surface area contributed by atoms with Crippen molar-refractivity contribution in [3.63, 3.8) is 0 Å². The van der Waals surface area contributed by atoms with Gasteiger partial charge >= 0.3 is 0 Å². The molecule has 0 bridgehead atoms. The van der Waals surface area contributed by atoms with E-state index in [1.165, 1.54) is 16.9 Å². The van der Waals surface area contributed by atoms with Crippen LogP contribution in [0.1, 0.15) is 5.56 Å². The van der Waals surface area contributed by atoms with E-state index < -0.39 is 0 Å². The van der Waals surface area contributed by atoms with Crippen LogP contribution in [0.25, 0.3) is 6.08 Å². The van der Waals surface area contributed by atoms with E-state index in [1.807, 2.05) is 18.2 Å². The van der Waals surface area contributed by atoms with Crippen molar-refractivity contribution in [3.05, 3.63) is 60.2 Å². The molecule has 0 aliphatic carbocycles. The van der Waals surface area contributed by atoms with Crippen LogP contribution in [0.3, 0.4) is 0 Å². The minimum absolute atomic E-state index is 0.809. The van der Waals surface area contributed by atoms with Crippen molar-refractivity contribution in [1.29, 1.82) is 0 Å². The van der Waals surface area contributed by atoms with Crippen LogP contribution in [0.15, 0.2) is 54.6 Å². The topological polar surface area (TPSA) is 29.3 Å². The van der Waals surface area contributed by atoms with Gasteiger partial charge in [0.1, 0.15) is 0 Å². The molecule has 84 valence electrons. The maximum absolute atomic E-state index is 5.81. The van der Waals surface area contributed by atoms with Crippen LogP contribution < -0.4 is 10.6 Å². The van der Waals surface area contributed by atoms with E-state index in [-0.39, 0.29) is 0 Å². The maximum Gasteiger partial charge on any atom is 0.0488 e. The monoisotopic (exact) mass is 222 g/mol. The largest absolute Gasteiger partial charge is 0.399 e. The SMILES string of the molecule is Nc1ccc2c(c1)C=CCN2c1ccccc1. The molecule has 2 nitrogen and oxygen atoms in total. The van der Waals surface area contributed by atoms with Crippen LogP contribution >= 0.6 is 0 Å². The summed E-state index contributed by atoms with van der Waals surface area (Å²) < 4.78 is 0. The molecular formula is C15H14N2. The van der Waals surface area contributed by atoms with Crippen LogP contribution in [0.2, 0.25) is 0 Å². The molecule has 1 heterocycles. The van der Waals surface area contributed by atoms with E-state index in [9.17, 15) is 0 Å². The van der Waals surface area contributed by atoms with Gasteiger partial charge in [0.25, 0.3) is 0 Å². The number of anilines is 3. The fourth-order valence-corrected chi connectivity index (χ4v) is 2.19. The third-order valence-corrected chi connectivity index (χ3v) is 3.00. The Morgan fingerprint density at radius 1 is 1.00 bits per heavy atom. The Bertz CT molecular complexity index is 558. The molecule has 17 heavy (non-hydrogen) atoms. The van der Waals surface area contributed by atoms with E-state index in [0.29, 0.717) is 0 Å². The molecule has 1 aliphatic rings. The highest BCUT2D eigenvalue weighted by molar-refractivity contribution is 5.79. The second kappa shape index (κ2) is 3.98. The van der Waals surface area contributed by atoms with Crippen molar-refractivity contribution in [2.45, 2.75) is 0 Å². The van der Waals surface area contributed by atoms with E-state index >= 15 is 0 Å². The van der Waals surface area contributed by atoms with Gasteiger partial charge in [0.05, 0.1) is 0 Å². The summed E-state index contributed by atoms with van der Waals surface area (Å²) in [6, 6.07) is 16.5. The summed E-state index contributed by atoms with van der Waals surface area (Å²) in [5.74, 6) is 0. The minimum Gasteiger partial charge on any atom is -0.399 e. The lowest BCUT2D eigenvalue weighted by molar-refractivity contribution is 1.08. The number of hydrogen-bond donors (Lipinski definition) is 1. The second-order valence-corrected chi connectivity index (χ2v) is 4.17. The Kier molecular flexibility index (Phi) is 2.33. The van der Waals surface area contributed by atoms with E-state index in [0.717, 1.165) is 12.2 Å².